The standard InChI is InChI=1S/C26H39NO3/c1-24-10-6-20(30-14-3-13-27)16-19(24)4-5-23-22(24)7-11-25(2)21(8-12-26(23,25)28)18-9-15-29-17-18/h9,15-17,20-23,28H,3-8,10-14,27H2,1-2H3/t20-,21+,22-,23+,24-,25+,26-/m0/s1. The predicted molar refractivity (Wildman–Crippen MR) is 118 cm³/mol. The van der Waals surface area contributed by atoms with Crippen molar-refractivity contribution in [3.05, 3.63) is 35.8 Å². The molecule has 5 rings (SSSR count). The van der Waals surface area contributed by atoms with Crippen LogP contribution in [0.25, 0.3) is 0 Å². The lowest BCUT2D eigenvalue weighted by atomic mass is 9.45. The van der Waals surface area contributed by atoms with Crippen LogP contribution in [0, 0.1) is 22.7 Å². The van der Waals surface area contributed by atoms with Gasteiger partial charge in [0.2, 0.25) is 0 Å². The first-order chi connectivity index (χ1) is 14.4. The van der Waals surface area contributed by atoms with Gasteiger partial charge < -0.3 is 20.0 Å². The lowest BCUT2D eigenvalue weighted by molar-refractivity contribution is -0.178. The number of nitrogens with two attached hydrogens (primary N) is 1. The molecule has 4 nitrogen and oxygen atoms in total. The first-order valence-corrected chi connectivity index (χ1v) is 12.2. The zero-order chi connectivity index (χ0) is 21.0. The van der Waals surface area contributed by atoms with E-state index in [1.807, 2.05) is 6.26 Å². The van der Waals surface area contributed by atoms with Crippen LogP contribution >= 0.6 is 0 Å². The second kappa shape index (κ2) is 7.50. The molecule has 1 aromatic rings. The van der Waals surface area contributed by atoms with Gasteiger partial charge in [-0.25, -0.2) is 0 Å². The number of ether oxygens (including phenoxy) is 1. The van der Waals surface area contributed by atoms with Gasteiger partial charge >= 0.3 is 0 Å². The summed E-state index contributed by atoms with van der Waals surface area (Å²) in [5.74, 6) is 1.41. The fraction of sp³-hybridized carbons (Fsp3) is 0.769. The maximum absolute atomic E-state index is 12.2. The molecule has 0 saturated heterocycles. The predicted octanol–water partition coefficient (Wildman–Crippen LogP) is 5.17. The molecule has 30 heavy (non-hydrogen) atoms. The number of aliphatic hydroxyl groups is 1. The summed E-state index contributed by atoms with van der Waals surface area (Å²) in [4.78, 5) is 0. The van der Waals surface area contributed by atoms with Gasteiger partial charge in [-0.15, -0.1) is 0 Å². The van der Waals surface area contributed by atoms with Gasteiger partial charge in [0.15, 0.2) is 0 Å². The lowest BCUT2D eigenvalue weighted by Gasteiger charge is -2.61. The third-order valence-electron chi connectivity index (χ3n) is 9.88. The van der Waals surface area contributed by atoms with Crippen molar-refractivity contribution in [3.63, 3.8) is 0 Å². The molecular weight excluding hydrogens is 374 g/mol. The van der Waals surface area contributed by atoms with Crippen LogP contribution in [0.4, 0.5) is 0 Å². The molecule has 0 spiro atoms. The number of hydrogen-bond donors (Lipinski definition) is 2. The molecule has 4 heteroatoms. The Morgan fingerprint density at radius 2 is 2.00 bits per heavy atom. The molecule has 3 N–H and O–H groups in total. The van der Waals surface area contributed by atoms with Crippen LogP contribution < -0.4 is 5.73 Å². The molecule has 1 aromatic heterocycles. The van der Waals surface area contributed by atoms with Crippen molar-refractivity contribution >= 4 is 0 Å². The van der Waals surface area contributed by atoms with E-state index in [-0.39, 0.29) is 16.9 Å². The molecular formula is C26H39NO3. The summed E-state index contributed by atoms with van der Waals surface area (Å²) in [6.45, 7) is 6.31. The van der Waals surface area contributed by atoms with Crippen molar-refractivity contribution in [1.82, 2.24) is 0 Å². The van der Waals surface area contributed by atoms with Crippen molar-refractivity contribution in [3.8, 4) is 0 Å². The lowest BCUT2D eigenvalue weighted by Crippen LogP contribution is -2.60. The van der Waals surface area contributed by atoms with Crippen LogP contribution in [0.3, 0.4) is 0 Å². The van der Waals surface area contributed by atoms with Gasteiger partial charge in [0.05, 0.1) is 24.2 Å². The summed E-state index contributed by atoms with van der Waals surface area (Å²) in [7, 11) is 0. The molecule has 0 amide bonds. The molecule has 3 fully saturated rings. The molecule has 166 valence electrons. The number of hydrogen-bond acceptors (Lipinski definition) is 4. The van der Waals surface area contributed by atoms with Gasteiger partial charge in [0, 0.05) is 12.0 Å². The monoisotopic (exact) mass is 413 g/mol. The molecule has 7 atom stereocenters. The highest BCUT2D eigenvalue weighted by molar-refractivity contribution is 5.31. The topological polar surface area (TPSA) is 68.6 Å². The fourth-order valence-electron chi connectivity index (χ4n) is 8.12. The molecule has 0 aromatic carbocycles. The zero-order valence-corrected chi connectivity index (χ0v) is 18.7. The van der Waals surface area contributed by atoms with E-state index >= 15 is 0 Å². The Bertz CT molecular complexity index is 788. The van der Waals surface area contributed by atoms with Crippen molar-refractivity contribution in [2.45, 2.75) is 89.3 Å². The molecule has 0 aliphatic heterocycles. The quantitative estimate of drug-likeness (QED) is 0.516. The van der Waals surface area contributed by atoms with E-state index in [0.29, 0.717) is 24.3 Å². The maximum Gasteiger partial charge on any atom is 0.0937 e. The molecule has 3 saturated carbocycles. The first kappa shape index (κ1) is 20.8. The van der Waals surface area contributed by atoms with Gasteiger partial charge in [-0.1, -0.05) is 25.5 Å². The molecule has 4 aliphatic rings. The van der Waals surface area contributed by atoms with Crippen LogP contribution in [0.2, 0.25) is 0 Å². The van der Waals surface area contributed by atoms with E-state index in [1.165, 1.54) is 18.4 Å². The van der Waals surface area contributed by atoms with Gasteiger partial charge in [0.1, 0.15) is 0 Å². The van der Waals surface area contributed by atoms with Gasteiger partial charge in [0.25, 0.3) is 0 Å². The average molecular weight is 414 g/mol. The normalized spacial score (nSPS) is 45.4. The zero-order valence-electron chi connectivity index (χ0n) is 18.7. The third kappa shape index (κ3) is 2.90. The number of rotatable bonds is 5. The van der Waals surface area contributed by atoms with Crippen LogP contribution in [0.15, 0.2) is 34.7 Å². The molecule has 0 radical (unpaired) electrons. The Balaban J connectivity index is 1.39. The van der Waals surface area contributed by atoms with E-state index in [1.54, 1.807) is 11.8 Å². The van der Waals surface area contributed by atoms with Gasteiger partial charge in [-0.2, -0.15) is 0 Å². The summed E-state index contributed by atoms with van der Waals surface area (Å²) < 4.78 is 11.5. The molecule has 4 aliphatic carbocycles. The second-order valence-corrected chi connectivity index (χ2v) is 11.0. The summed E-state index contributed by atoms with van der Waals surface area (Å²) in [6, 6.07) is 2.11. The Labute approximate surface area is 181 Å². The van der Waals surface area contributed by atoms with Crippen molar-refractivity contribution in [2.24, 2.45) is 28.4 Å². The minimum absolute atomic E-state index is 0.0435. The fourth-order valence-corrected chi connectivity index (χ4v) is 8.12. The Hall–Kier alpha value is -1.10. The number of fused-ring (bicyclic) bond motifs is 5. The Morgan fingerprint density at radius 1 is 1.13 bits per heavy atom. The van der Waals surface area contributed by atoms with Gasteiger partial charge in [-0.3, -0.25) is 0 Å². The van der Waals surface area contributed by atoms with E-state index < -0.39 is 5.60 Å². The third-order valence-corrected chi connectivity index (χ3v) is 9.88. The van der Waals surface area contributed by atoms with Crippen LogP contribution in [-0.2, 0) is 4.74 Å². The van der Waals surface area contributed by atoms with Crippen molar-refractivity contribution < 1.29 is 14.3 Å². The molecule has 1 heterocycles. The average Bonchev–Trinajstić information content (AvgIpc) is 3.34. The van der Waals surface area contributed by atoms with E-state index in [0.717, 1.165) is 51.6 Å². The SMILES string of the molecule is C[C@]12CC[C@H](OCCCN)C=C1CC[C@@H]1[C@@H]2CC[C@]2(C)[C@@H](c3ccoc3)CC[C@]12O. The van der Waals surface area contributed by atoms with E-state index in [9.17, 15) is 5.11 Å². The van der Waals surface area contributed by atoms with Crippen LogP contribution in [0.5, 0.6) is 0 Å². The second-order valence-electron chi connectivity index (χ2n) is 11.0. The van der Waals surface area contributed by atoms with Crippen LogP contribution in [0.1, 0.15) is 83.1 Å². The number of furan rings is 1. The molecule has 0 unspecified atom stereocenters. The first-order valence-electron chi connectivity index (χ1n) is 12.2. The summed E-state index contributed by atoms with van der Waals surface area (Å²) >= 11 is 0. The highest BCUT2D eigenvalue weighted by Crippen LogP contribution is 2.70. The molecule has 0 bridgehead atoms. The Kier molecular flexibility index (Phi) is 5.19. The van der Waals surface area contributed by atoms with E-state index in [4.69, 9.17) is 14.9 Å². The minimum atomic E-state index is -0.555. The summed E-state index contributed by atoms with van der Waals surface area (Å²) in [5.41, 5.74) is 8.14. The highest BCUT2D eigenvalue weighted by Gasteiger charge is 2.66. The van der Waals surface area contributed by atoms with Gasteiger partial charge in [-0.05, 0) is 99.1 Å². The maximum atomic E-state index is 12.2. The van der Waals surface area contributed by atoms with Crippen LogP contribution in [-0.4, -0.2) is 30.0 Å². The summed E-state index contributed by atoms with van der Waals surface area (Å²) in [6.07, 6.45) is 16.2. The smallest absolute Gasteiger partial charge is 0.0937 e. The summed E-state index contributed by atoms with van der Waals surface area (Å²) in [5, 5.41) is 12.2. The van der Waals surface area contributed by atoms with Crippen molar-refractivity contribution in [1.29, 1.82) is 0 Å². The van der Waals surface area contributed by atoms with E-state index in [2.05, 4.69) is 26.0 Å². The Morgan fingerprint density at radius 3 is 2.77 bits per heavy atom. The minimum Gasteiger partial charge on any atom is -0.472 e. The number of allylic oxidation sites excluding steroid dienone is 1. The highest BCUT2D eigenvalue weighted by atomic mass is 16.5. The largest absolute Gasteiger partial charge is 0.472 e. The van der Waals surface area contributed by atoms with Crippen molar-refractivity contribution in [2.75, 3.05) is 13.2 Å².